The van der Waals surface area contributed by atoms with Crippen LogP contribution in [0.5, 0.6) is 5.75 Å². The summed E-state index contributed by atoms with van der Waals surface area (Å²) in [4.78, 5) is 0. The summed E-state index contributed by atoms with van der Waals surface area (Å²) >= 11 is 0. The van der Waals surface area contributed by atoms with Crippen LogP contribution in [0, 0.1) is 29.3 Å². The maximum absolute atomic E-state index is 14.8. The predicted octanol–water partition coefficient (Wildman–Crippen LogP) is 7.02. The van der Waals surface area contributed by atoms with Gasteiger partial charge < -0.3 is 9.84 Å². The van der Waals surface area contributed by atoms with Crippen molar-refractivity contribution in [1.82, 2.24) is 0 Å². The van der Waals surface area contributed by atoms with Crippen LogP contribution >= 0.6 is 0 Å². The molecule has 2 aromatic carbocycles. The van der Waals surface area contributed by atoms with E-state index in [4.69, 9.17) is 4.74 Å². The smallest absolute Gasteiger partial charge is 0.200 e. The average Bonchev–Trinajstić information content (AvgIpc) is 3.34. The molecule has 2 aromatic rings. The van der Waals surface area contributed by atoms with Gasteiger partial charge in [-0.05, 0) is 86.0 Å². The van der Waals surface area contributed by atoms with Gasteiger partial charge in [0.25, 0.3) is 0 Å². The SMILES string of the molecule is CCCC(O)c1ccc(C2CCC3C(c4ccc(OCC)c(F)c4F)CCC23)cc1F. The lowest BCUT2D eigenvalue weighted by atomic mass is 9.82. The second kappa shape index (κ2) is 9.23. The van der Waals surface area contributed by atoms with E-state index in [1.807, 2.05) is 13.0 Å². The third-order valence-electron chi connectivity index (χ3n) is 7.36. The van der Waals surface area contributed by atoms with Crippen LogP contribution in [0.2, 0.25) is 0 Å². The third kappa shape index (κ3) is 4.09. The van der Waals surface area contributed by atoms with Crippen molar-refractivity contribution >= 4 is 0 Å². The van der Waals surface area contributed by atoms with Crippen LogP contribution in [-0.4, -0.2) is 11.7 Å². The van der Waals surface area contributed by atoms with E-state index in [-0.39, 0.29) is 35.9 Å². The minimum absolute atomic E-state index is 0.0179. The monoisotopic (exact) mass is 432 g/mol. The minimum atomic E-state index is -0.902. The first kappa shape index (κ1) is 22.2. The number of halogens is 3. The molecule has 2 saturated carbocycles. The molecule has 5 heteroatoms. The van der Waals surface area contributed by atoms with Crippen molar-refractivity contribution < 1.29 is 23.0 Å². The molecule has 0 aromatic heterocycles. The fourth-order valence-electron chi connectivity index (χ4n) is 5.97. The van der Waals surface area contributed by atoms with Crippen molar-refractivity contribution in [3.05, 3.63) is 64.5 Å². The summed E-state index contributed by atoms with van der Waals surface area (Å²) in [5.41, 5.74) is 1.76. The Bertz CT molecular complexity index is 929. The average molecular weight is 433 g/mol. The molecule has 168 valence electrons. The number of benzene rings is 2. The molecule has 1 N–H and O–H groups in total. The standard InChI is InChI=1S/C26H31F3O2/c1-3-5-23(30)21-7-6-15(14-22(21)27)16-8-9-18-17(16)10-11-19(18)20-12-13-24(31-4-2)26(29)25(20)28/h6-7,12-14,16-19,23,30H,3-5,8-11H2,1-2H3. The lowest BCUT2D eigenvalue weighted by molar-refractivity contribution is 0.162. The Kier molecular flexibility index (Phi) is 6.61. The molecule has 0 spiro atoms. The number of rotatable bonds is 7. The summed E-state index contributed by atoms with van der Waals surface area (Å²) in [6.07, 6.45) is 4.14. The van der Waals surface area contributed by atoms with Crippen molar-refractivity contribution in [2.75, 3.05) is 6.61 Å². The van der Waals surface area contributed by atoms with E-state index in [1.165, 1.54) is 6.07 Å². The van der Waals surface area contributed by atoms with Gasteiger partial charge in [0.1, 0.15) is 5.82 Å². The van der Waals surface area contributed by atoms with Crippen molar-refractivity contribution in [3.63, 3.8) is 0 Å². The molecule has 0 aliphatic heterocycles. The van der Waals surface area contributed by atoms with Crippen LogP contribution in [-0.2, 0) is 0 Å². The van der Waals surface area contributed by atoms with E-state index < -0.39 is 17.7 Å². The topological polar surface area (TPSA) is 29.5 Å². The number of hydrogen-bond acceptors (Lipinski definition) is 2. The van der Waals surface area contributed by atoms with Gasteiger partial charge in [-0.15, -0.1) is 0 Å². The van der Waals surface area contributed by atoms with Gasteiger partial charge in [0.15, 0.2) is 11.6 Å². The highest BCUT2D eigenvalue weighted by Gasteiger charge is 2.46. The van der Waals surface area contributed by atoms with Gasteiger partial charge in [-0.2, -0.15) is 4.39 Å². The number of fused-ring (bicyclic) bond motifs is 1. The number of aliphatic hydroxyl groups excluding tert-OH is 1. The van der Waals surface area contributed by atoms with Crippen molar-refractivity contribution in [2.45, 2.75) is 70.3 Å². The van der Waals surface area contributed by atoms with E-state index in [9.17, 15) is 18.3 Å². The first-order valence-electron chi connectivity index (χ1n) is 11.5. The maximum atomic E-state index is 14.8. The highest BCUT2D eigenvalue weighted by molar-refractivity contribution is 5.36. The van der Waals surface area contributed by atoms with Gasteiger partial charge in [0, 0.05) is 5.56 Å². The molecule has 31 heavy (non-hydrogen) atoms. The minimum Gasteiger partial charge on any atom is -0.491 e. The zero-order valence-electron chi connectivity index (χ0n) is 18.2. The van der Waals surface area contributed by atoms with Crippen LogP contribution < -0.4 is 4.74 Å². The van der Waals surface area contributed by atoms with E-state index in [0.29, 0.717) is 23.5 Å². The van der Waals surface area contributed by atoms with E-state index in [2.05, 4.69) is 0 Å². The predicted molar refractivity (Wildman–Crippen MR) is 115 cm³/mol. The second-order valence-electron chi connectivity index (χ2n) is 8.99. The fourth-order valence-corrected chi connectivity index (χ4v) is 5.97. The van der Waals surface area contributed by atoms with Crippen LogP contribution in [0.1, 0.15) is 87.0 Å². The molecule has 2 aliphatic carbocycles. The first-order chi connectivity index (χ1) is 15.0. The molecule has 5 atom stereocenters. The summed E-state index contributed by atoms with van der Waals surface area (Å²) in [5, 5.41) is 10.2. The fraction of sp³-hybridized carbons (Fsp3) is 0.538. The molecule has 0 radical (unpaired) electrons. The van der Waals surface area contributed by atoms with Gasteiger partial charge in [-0.3, -0.25) is 0 Å². The summed E-state index contributed by atoms with van der Waals surface area (Å²) < 4.78 is 49.1. The number of hydrogen-bond donors (Lipinski definition) is 1. The molecule has 2 aliphatic rings. The summed E-state index contributed by atoms with van der Waals surface area (Å²) in [6, 6.07) is 8.44. The highest BCUT2D eigenvalue weighted by Crippen LogP contribution is 2.58. The Balaban J connectivity index is 1.54. The molecule has 4 rings (SSSR count). The Morgan fingerprint density at radius 2 is 1.65 bits per heavy atom. The van der Waals surface area contributed by atoms with E-state index in [0.717, 1.165) is 37.7 Å². The number of aliphatic hydroxyl groups is 1. The van der Waals surface area contributed by atoms with Gasteiger partial charge in [0.2, 0.25) is 5.82 Å². The summed E-state index contributed by atoms with van der Waals surface area (Å²) in [6.45, 7) is 3.99. The van der Waals surface area contributed by atoms with Crippen LogP contribution in [0.15, 0.2) is 30.3 Å². The molecule has 0 bridgehead atoms. The van der Waals surface area contributed by atoms with Gasteiger partial charge >= 0.3 is 0 Å². The molecule has 0 amide bonds. The molecule has 2 fully saturated rings. The van der Waals surface area contributed by atoms with Gasteiger partial charge in [-0.25, -0.2) is 8.78 Å². The molecular weight excluding hydrogens is 401 g/mol. The Morgan fingerprint density at radius 3 is 2.32 bits per heavy atom. The zero-order valence-corrected chi connectivity index (χ0v) is 18.2. The van der Waals surface area contributed by atoms with Crippen molar-refractivity contribution in [3.8, 4) is 5.75 Å². The van der Waals surface area contributed by atoms with E-state index >= 15 is 0 Å². The zero-order chi connectivity index (χ0) is 22.1. The number of ether oxygens (including phenoxy) is 1. The van der Waals surface area contributed by atoms with Crippen LogP contribution in [0.25, 0.3) is 0 Å². The molecule has 5 unspecified atom stereocenters. The van der Waals surface area contributed by atoms with Crippen LogP contribution in [0.4, 0.5) is 13.2 Å². The quantitative estimate of drug-likeness (QED) is 0.509. The van der Waals surface area contributed by atoms with Crippen molar-refractivity contribution in [2.24, 2.45) is 11.8 Å². The Hall–Kier alpha value is -2.01. The van der Waals surface area contributed by atoms with Crippen LogP contribution in [0.3, 0.4) is 0 Å². The Labute approximate surface area is 182 Å². The lowest BCUT2D eigenvalue weighted by Crippen LogP contribution is -2.13. The first-order valence-corrected chi connectivity index (χ1v) is 11.5. The van der Waals surface area contributed by atoms with E-state index in [1.54, 1.807) is 25.1 Å². The molecular formula is C26H31F3O2. The molecule has 2 nitrogen and oxygen atoms in total. The second-order valence-corrected chi connectivity index (χ2v) is 8.99. The van der Waals surface area contributed by atoms with Gasteiger partial charge in [0.05, 0.1) is 12.7 Å². The summed E-state index contributed by atoms with van der Waals surface area (Å²) in [5.74, 6) is -1.27. The molecule has 0 heterocycles. The highest BCUT2D eigenvalue weighted by atomic mass is 19.2. The third-order valence-corrected chi connectivity index (χ3v) is 7.36. The van der Waals surface area contributed by atoms with Crippen molar-refractivity contribution in [1.29, 1.82) is 0 Å². The van der Waals surface area contributed by atoms with Gasteiger partial charge in [-0.1, -0.05) is 31.5 Å². The normalized spacial score (nSPS) is 26.1. The Morgan fingerprint density at radius 1 is 0.935 bits per heavy atom. The summed E-state index contributed by atoms with van der Waals surface area (Å²) in [7, 11) is 0. The lowest BCUT2D eigenvalue weighted by Gasteiger charge is -2.23. The largest absolute Gasteiger partial charge is 0.491 e. The maximum Gasteiger partial charge on any atom is 0.200 e. The molecule has 0 saturated heterocycles.